The molecule has 6 heteroatoms. The number of piperidine rings is 1. The van der Waals surface area contributed by atoms with Crippen LogP contribution in [-0.4, -0.2) is 32.0 Å². The Bertz CT molecular complexity index is 1090. The molecular formula is C24H25N2O3S. The zero-order chi connectivity index (χ0) is 21.0. The predicted octanol–water partition coefficient (Wildman–Crippen LogP) is 4.46. The molecule has 0 saturated carbocycles. The maximum atomic E-state index is 13.0. The number of sulfone groups is 1. The van der Waals surface area contributed by atoms with Crippen LogP contribution in [0.2, 0.25) is 0 Å². The summed E-state index contributed by atoms with van der Waals surface area (Å²) in [7, 11) is -2.07. The lowest BCUT2D eigenvalue weighted by molar-refractivity contribution is 0.177. The van der Waals surface area contributed by atoms with Crippen molar-refractivity contribution in [3.05, 3.63) is 90.5 Å². The van der Waals surface area contributed by atoms with Gasteiger partial charge in [0.05, 0.1) is 12.0 Å². The van der Waals surface area contributed by atoms with Gasteiger partial charge >= 0.3 is 0 Å². The first kappa shape index (κ1) is 20.6. The van der Waals surface area contributed by atoms with Crippen molar-refractivity contribution in [1.29, 1.82) is 0 Å². The van der Waals surface area contributed by atoms with Crippen molar-refractivity contribution in [2.24, 2.45) is 0 Å². The highest BCUT2D eigenvalue weighted by molar-refractivity contribution is 7.91. The number of rotatable bonds is 6. The zero-order valence-electron chi connectivity index (χ0n) is 16.9. The molecule has 1 aromatic heterocycles. The van der Waals surface area contributed by atoms with Crippen molar-refractivity contribution in [1.82, 2.24) is 9.88 Å². The van der Waals surface area contributed by atoms with Crippen LogP contribution in [0.5, 0.6) is 5.75 Å². The number of likely N-dealkylation sites (tertiary alicyclic amines) is 1. The van der Waals surface area contributed by atoms with Crippen LogP contribution in [0.1, 0.15) is 30.0 Å². The van der Waals surface area contributed by atoms with E-state index in [0.29, 0.717) is 12.3 Å². The van der Waals surface area contributed by atoms with E-state index in [1.807, 2.05) is 6.07 Å². The molecular weight excluding hydrogens is 396 g/mol. The lowest BCUT2D eigenvalue weighted by Gasteiger charge is -2.36. The first-order chi connectivity index (χ1) is 14.6. The van der Waals surface area contributed by atoms with Crippen molar-refractivity contribution >= 4 is 9.84 Å². The molecule has 1 atom stereocenters. The van der Waals surface area contributed by atoms with Crippen LogP contribution in [0.15, 0.2) is 82.8 Å². The van der Waals surface area contributed by atoms with Crippen LogP contribution in [0.3, 0.4) is 0 Å². The summed E-state index contributed by atoms with van der Waals surface area (Å²) in [5.74, 6) is 0.687. The van der Waals surface area contributed by atoms with Gasteiger partial charge in [0.25, 0.3) is 0 Å². The minimum atomic E-state index is -3.69. The number of pyridine rings is 1. The van der Waals surface area contributed by atoms with Crippen LogP contribution in [0, 0.1) is 6.42 Å². The maximum Gasteiger partial charge on any atom is 0.223 e. The smallest absolute Gasteiger partial charge is 0.223 e. The molecule has 1 aliphatic rings. The Morgan fingerprint density at radius 1 is 1.07 bits per heavy atom. The first-order valence-corrected chi connectivity index (χ1v) is 11.5. The van der Waals surface area contributed by atoms with Crippen LogP contribution in [0.4, 0.5) is 0 Å². The largest absolute Gasteiger partial charge is 0.496 e. The van der Waals surface area contributed by atoms with Gasteiger partial charge in [-0.1, -0.05) is 36.4 Å². The second-order valence-corrected chi connectivity index (χ2v) is 9.25. The van der Waals surface area contributed by atoms with Gasteiger partial charge in [-0.05, 0) is 61.7 Å². The summed E-state index contributed by atoms with van der Waals surface area (Å²) in [6.45, 7) is 1.54. The molecule has 155 valence electrons. The van der Waals surface area contributed by atoms with Crippen LogP contribution in [0.25, 0.3) is 0 Å². The van der Waals surface area contributed by atoms with E-state index in [4.69, 9.17) is 4.74 Å². The molecule has 0 N–H and O–H groups in total. The monoisotopic (exact) mass is 421 g/mol. The number of ether oxygens (including phenoxy) is 1. The van der Waals surface area contributed by atoms with Gasteiger partial charge in [0.2, 0.25) is 9.84 Å². The zero-order valence-corrected chi connectivity index (χ0v) is 17.8. The van der Waals surface area contributed by atoms with Gasteiger partial charge < -0.3 is 4.74 Å². The molecule has 1 saturated heterocycles. The molecule has 1 radical (unpaired) electrons. The summed E-state index contributed by atoms with van der Waals surface area (Å²) in [5, 5.41) is 0.0505. The normalized spacial score (nSPS) is 17.6. The molecule has 0 aliphatic carbocycles. The number of methoxy groups -OCH3 is 1. The second kappa shape index (κ2) is 8.98. The summed E-state index contributed by atoms with van der Waals surface area (Å²) in [6.07, 6.45) is 5.98. The fourth-order valence-corrected chi connectivity index (χ4v) is 5.17. The molecule has 30 heavy (non-hydrogen) atoms. The topological polar surface area (TPSA) is 59.5 Å². The fourth-order valence-electron chi connectivity index (χ4n) is 3.92. The average Bonchev–Trinajstić information content (AvgIpc) is 2.80. The fraction of sp³-hybridized carbons (Fsp3) is 0.250. The van der Waals surface area contributed by atoms with Gasteiger partial charge in [0.15, 0.2) is 5.03 Å². The summed E-state index contributed by atoms with van der Waals surface area (Å²) in [4.78, 5) is 6.63. The number of nitrogens with zero attached hydrogens (tertiary/aromatic N) is 2. The summed E-state index contributed by atoms with van der Waals surface area (Å²) in [5.41, 5.74) is 2.10. The number of hydrogen-bond acceptors (Lipinski definition) is 5. The van der Waals surface area contributed by atoms with Gasteiger partial charge in [-0.15, -0.1) is 0 Å². The van der Waals surface area contributed by atoms with Crippen LogP contribution in [-0.2, 0) is 16.4 Å². The lowest BCUT2D eigenvalue weighted by Crippen LogP contribution is -2.33. The van der Waals surface area contributed by atoms with Crippen molar-refractivity contribution in [3.8, 4) is 5.75 Å². The van der Waals surface area contributed by atoms with Crippen molar-refractivity contribution in [2.75, 3.05) is 13.7 Å². The Hall–Kier alpha value is -2.70. The summed E-state index contributed by atoms with van der Waals surface area (Å²) < 4.78 is 31.6. The van der Waals surface area contributed by atoms with Crippen molar-refractivity contribution in [3.63, 3.8) is 0 Å². The lowest BCUT2D eigenvalue weighted by atomic mass is 9.94. The standard InChI is InChI=1S/C24H25N2O3S/c1-29-23-14-13-21(30(27,28)24-12-5-7-15-25-24)17-20(23)18-26-16-8-6-11-22(26)19-9-3-2-4-10-19/h2-5,7,9-15,17,22H,6,8,16,18H2,1H3/t22-/m0/s1. The van der Waals surface area contributed by atoms with Crippen molar-refractivity contribution < 1.29 is 13.2 Å². The van der Waals surface area contributed by atoms with E-state index in [9.17, 15) is 8.42 Å². The van der Waals surface area contributed by atoms with Crippen LogP contribution < -0.4 is 4.74 Å². The second-order valence-electron chi connectivity index (χ2n) is 7.35. The van der Waals surface area contributed by atoms with E-state index in [1.54, 1.807) is 37.4 Å². The molecule has 2 aromatic carbocycles. The molecule has 5 nitrogen and oxygen atoms in total. The molecule has 1 fully saturated rings. The summed E-state index contributed by atoms with van der Waals surface area (Å²) in [6, 6.07) is 20.5. The van der Waals surface area contributed by atoms with E-state index in [1.165, 1.54) is 17.8 Å². The number of benzene rings is 2. The van der Waals surface area contributed by atoms with Gasteiger partial charge in [-0.2, -0.15) is 0 Å². The van der Waals surface area contributed by atoms with E-state index in [2.05, 4.69) is 40.6 Å². The van der Waals surface area contributed by atoms with Gasteiger partial charge in [0, 0.05) is 24.3 Å². The van der Waals surface area contributed by atoms with E-state index in [-0.39, 0.29) is 16.0 Å². The van der Waals surface area contributed by atoms with E-state index < -0.39 is 9.84 Å². The minimum absolute atomic E-state index is 0.0505. The van der Waals surface area contributed by atoms with Gasteiger partial charge in [0.1, 0.15) is 5.75 Å². The molecule has 0 spiro atoms. The third-order valence-electron chi connectivity index (χ3n) is 5.42. The molecule has 0 bridgehead atoms. The van der Waals surface area contributed by atoms with Gasteiger partial charge in [-0.25, -0.2) is 13.4 Å². The SMILES string of the molecule is COc1ccc(S(=O)(=O)c2ccccn2)cc1CN1CCC[CH][C@H]1c1ccccc1. The number of aromatic nitrogens is 1. The highest BCUT2D eigenvalue weighted by Gasteiger charge is 2.26. The van der Waals surface area contributed by atoms with E-state index >= 15 is 0 Å². The molecule has 4 rings (SSSR count). The molecule has 1 aliphatic heterocycles. The quantitative estimate of drug-likeness (QED) is 0.588. The first-order valence-electron chi connectivity index (χ1n) is 10.0. The average molecular weight is 422 g/mol. The maximum absolute atomic E-state index is 13.0. The molecule has 2 heterocycles. The molecule has 0 amide bonds. The Morgan fingerprint density at radius 2 is 1.87 bits per heavy atom. The highest BCUT2D eigenvalue weighted by atomic mass is 32.2. The Labute approximate surface area is 178 Å². The van der Waals surface area contributed by atoms with Crippen LogP contribution >= 0.6 is 0 Å². The minimum Gasteiger partial charge on any atom is -0.496 e. The molecule has 0 unspecified atom stereocenters. The highest BCUT2D eigenvalue weighted by Crippen LogP contribution is 2.34. The third-order valence-corrected chi connectivity index (χ3v) is 7.09. The van der Waals surface area contributed by atoms with E-state index in [0.717, 1.165) is 24.9 Å². The Kier molecular flexibility index (Phi) is 6.16. The Balaban J connectivity index is 1.67. The van der Waals surface area contributed by atoms with Gasteiger partial charge in [-0.3, -0.25) is 4.90 Å². The predicted molar refractivity (Wildman–Crippen MR) is 116 cm³/mol. The number of hydrogen-bond donors (Lipinski definition) is 0. The van der Waals surface area contributed by atoms with Crippen molar-refractivity contribution in [2.45, 2.75) is 35.3 Å². The third kappa shape index (κ3) is 4.25. The Morgan fingerprint density at radius 3 is 2.60 bits per heavy atom. The summed E-state index contributed by atoms with van der Waals surface area (Å²) >= 11 is 0. The molecule has 3 aromatic rings.